The Morgan fingerprint density at radius 1 is 0.523 bits per heavy atom. The summed E-state index contributed by atoms with van der Waals surface area (Å²) in [4.78, 5) is 4.93. The minimum Gasteiger partial charge on any atom is -0.458 e. The van der Waals surface area contributed by atoms with Crippen LogP contribution in [0.2, 0.25) is 0 Å². The van der Waals surface area contributed by atoms with Crippen LogP contribution in [0.5, 0.6) is 46.0 Å². The summed E-state index contributed by atoms with van der Waals surface area (Å²) in [6.07, 6.45) is 6.76. The van der Waals surface area contributed by atoms with Crippen LogP contribution in [0.25, 0.3) is 0 Å². The van der Waals surface area contributed by atoms with Gasteiger partial charge in [-0.15, -0.1) is 0 Å². The highest BCUT2D eigenvalue weighted by Crippen LogP contribution is 2.45. The predicted octanol–water partition coefficient (Wildman–Crippen LogP) is 12.6. The first-order chi connectivity index (χ1) is 31.4. The van der Waals surface area contributed by atoms with Gasteiger partial charge in [0.05, 0.1) is 0 Å². The molecule has 0 spiro atoms. The number of hydrogen-bond donors (Lipinski definition) is 0. The summed E-state index contributed by atoms with van der Waals surface area (Å²) < 4.78 is 28.8. The van der Waals surface area contributed by atoms with Gasteiger partial charge in [-0.05, 0) is 172 Å². The third-order valence-corrected chi connectivity index (χ3v) is 16.4. The van der Waals surface area contributed by atoms with Gasteiger partial charge in [-0.2, -0.15) is 0 Å². The van der Waals surface area contributed by atoms with Crippen molar-refractivity contribution in [2.45, 2.75) is 112 Å². The molecule has 11 rings (SSSR count). The van der Waals surface area contributed by atoms with E-state index < -0.39 is 0 Å². The first kappa shape index (κ1) is 42.9. The maximum absolute atomic E-state index is 7.13. The third-order valence-electron chi connectivity index (χ3n) is 13.3. The number of hydrogen-bond acceptors (Lipinski definition) is 6. The number of benzene rings is 7. The Morgan fingerprint density at radius 3 is 1.60 bits per heavy atom. The van der Waals surface area contributed by atoms with Gasteiger partial charge < -0.3 is 18.9 Å². The smallest absolute Gasteiger partial charge is 0.255 e. The third kappa shape index (κ3) is 7.87. The fourth-order valence-corrected chi connectivity index (χ4v) is 14.0. The van der Waals surface area contributed by atoms with Crippen LogP contribution < -0.4 is 51.7 Å². The minimum atomic E-state index is -0.0297. The molecule has 9 heteroatoms. The zero-order chi connectivity index (χ0) is 44.7. The van der Waals surface area contributed by atoms with Gasteiger partial charge in [-0.1, -0.05) is 118 Å². The van der Waals surface area contributed by atoms with E-state index in [0.29, 0.717) is 0 Å². The molecule has 4 heterocycles. The number of rotatable bonds is 10. The molecular formula is C56H51B2IO4S2. The Bertz CT molecular complexity index is 3050. The fraction of sp³-hybridized carbons (Fsp3) is 0.250. The summed E-state index contributed by atoms with van der Waals surface area (Å²) in [6.45, 7) is 15.6. The van der Waals surface area contributed by atoms with Crippen LogP contribution in [-0.2, 0) is 18.3 Å². The van der Waals surface area contributed by atoms with E-state index in [4.69, 9.17) is 18.9 Å². The van der Waals surface area contributed by atoms with Gasteiger partial charge in [-0.3, -0.25) is 0 Å². The van der Waals surface area contributed by atoms with Crippen molar-refractivity contribution in [1.29, 1.82) is 0 Å². The second kappa shape index (κ2) is 16.9. The van der Waals surface area contributed by atoms with E-state index in [0.717, 1.165) is 76.6 Å². The number of ether oxygens (including phenoxy) is 4. The van der Waals surface area contributed by atoms with Crippen LogP contribution >= 0.6 is 46.1 Å². The monoisotopic (exact) mass is 1000 g/mol. The normalized spacial score (nSPS) is 13.7. The maximum Gasteiger partial charge on any atom is 0.255 e. The molecule has 324 valence electrons. The van der Waals surface area contributed by atoms with E-state index in [1.54, 1.807) is 0 Å². The molecule has 7 aromatic carbocycles. The van der Waals surface area contributed by atoms with Gasteiger partial charge in [0.25, 0.3) is 13.4 Å². The molecule has 0 radical (unpaired) electrons. The molecule has 0 fully saturated rings. The number of halogens is 1. The molecule has 0 amide bonds. The number of fused-ring (bicyclic) bond motifs is 8. The first-order valence-corrected chi connectivity index (χ1v) is 25.9. The average Bonchev–Trinajstić information content (AvgIpc) is 3.26. The van der Waals surface area contributed by atoms with Crippen LogP contribution in [0, 0.1) is 17.4 Å². The first-order valence-electron chi connectivity index (χ1n) is 23.2. The van der Waals surface area contributed by atoms with E-state index in [1.807, 2.05) is 23.5 Å². The van der Waals surface area contributed by atoms with Crippen molar-refractivity contribution in [3.63, 3.8) is 0 Å². The van der Waals surface area contributed by atoms with Crippen LogP contribution in [-0.4, -0.2) is 13.4 Å². The summed E-state index contributed by atoms with van der Waals surface area (Å²) in [5.74, 6) is 6.45. The van der Waals surface area contributed by atoms with Crippen LogP contribution in [0.4, 0.5) is 0 Å². The lowest BCUT2D eigenvalue weighted by Gasteiger charge is -2.38. The lowest BCUT2D eigenvalue weighted by atomic mass is 9.32. The molecule has 7 aromatic rings. The Labute approximate surface area is 406 Å². The highest BCUT2D eigenvalue weighted by Gasteiger charge is 2.46. The van der Waals surface area contributed by atoms with Gasteiger partial charge in [0.2, 0.25) is 0 Å². The summed E-state index contributed by atoms with van der Waals surface area (Å²) in [5, 5.41) is 0. The van der Waals surface area contributed by atoms with Crippen molar-refractivity contribution in [2.75, 3.05) is 0 Å². The van der Waals surface area contributed by atoms with E-state index in [9.17, 15) is 0 Å². The quantitative estimate of drug-likeness (QED) is 0.100. The standard InChI is InChI=1S/C56H51B2IO4S2/c1-8-10-12-34-14-18-37(19-15-34)60-39-26-46-54-50(28-39)64-48-24-32(3)22-35(13-11-9-2)52(48)57(54)41-30-42-45(31-44(41)62-46)63-47-27-40(61-38-20-16-36(17-21-38)56(5,6)7)29-51-55(47)58(42)53-43(59)23-33(4)25-49(53)65-51/h14-31H,8-13H2,1-7H3. The van der Waals surface area contributed by atoms with Crippen molar-refractivity contribution in [1.82, 2.24) is 0 Å². The van der Waals surface area contributed by atoms with Gasteiger partial charge in [-0.25, -0.2) is 0 Å². The van der Waals surface area contributed by atoms with Crippen molar-refractivity contribution >= 4 is 92.3 Å². The van der Waals surface area contributed by atoms with Gasteiger partial charge >= 0.3 is 0 Å². The molecule has 0 aromatic heterocycles. The van der Waals surface area contributed by atoms with E-state index in [-0.39, 0.29) is 18.8 Å². The Morgan fingerprint density at radius 2 is 1.03 bits per heavy atom. The highest BCUT2D eigenvalue weighted by molar-refractivity contribution is 14.1. The Kier molecular flexibility index (Phi) is 11.1. The lowest BCUT2D eigenvalue weighted by Crippen LogP contribution is -2.62. The molecule has 0 unspecified atom stereocenters. The topological polar surface area (TPSA) is 36.9 Å². The number of unbranched alkanes of at least 4 members (excludes halogenated alkanes) is 2. The second-order valence-corrected chi connectivity index (χ2v) is 22.5. The van der Waals surface area contributed by atoms with Crippen LogP contribution in [0.15, 0.2) is 129 Å². The van der Waals surface area contributed by atoms with Crippen LogP contribution in [0.1, 0.15) is 88.1 Å². The molecule has 4 aliphatic heterocycles. The summed E-state index contributed by atoms with van der Waals surface area (Å²) in [5.41, 5.74) is 14.2. The maximum atomic E-state index is 7.13. The molecule has 0 N–H and O–H groups in total. The summed E-state index contributed by atoms with van der Waals surface area (Å²) in [7, 11) is 0. The molecule has 0 atom stereocenters. The van der Waals surface area contributed by atoms with E-state index in [2.05, 4.69) is 180 Å². The molecule has 0 saturated heterocycles. The van der Waals surface area contributed by atoms with Gasteiger partial charge in [0.1, 0.15) is 46.0 Å². The predicted molar refractivity (Wildman–Crippen MR) is 281 cm³/mol. The highest BCUT2D eigenvalue weighted by atomic mass is 127. The average molecular weight is 1000 g/mol. The SMILES string of the molecule is CCCCc1ccc(Oc2cc3c4c(c2)Sc2cc(C)cc(CCCC)c2B4c2cc4c(cc2O3)Oc2cc(Oc3ccc(C(C)(C)C)cc3)cc3c2B4c2c(I)cc(C)cc2S3)cc1. The zero-order valence-electron chi connectivity index (χ0n) is 38.1. The fourth-order valence-electron chi connectivity index (χ4n) is 10.1. The molecule has 0 aliphatic carbocycles. The number of aryl methyl sites for hydroxylation is 4. The van der Waals surface area contributed by atoms with Crippen LogP contribution in [0.3, 0.4) is 0 Å². The van der Waals surface area contributed by atoms with Crippen molar-refractivity contribution in [3.05, 3.63) is 141 Å². The Hall–Kier alpha value is -4.70. The largest absolute Gasteiger partial charge is 0.458 e. The van der Waals surface area contributed by atoms with E-state index >= 15 is 0 Å². The molecule has 65 heavy (non-hydrogen) atoms. The molecule has 0 saturated carbocycles. The second-order valence-electron chi connectivity index (χ2n) is 19.2. The zero-order valence-corrected chi connectivity index (χ0v) is 41.9. The summed E-state index contributed by atoms with van der Waals surface area (Å²) >= 11 is 6.24. The molecule has 4 nitrogen and oxygen atoms in total. The Balaban J connectivity index is 1.05. The lowest BCUT2D eigenvalue weighted by molar-refractivity contribution is 0.449. The summed E-state index contributed by atoms with van der Waals surface area (Å²) in [6, 6.07) is 39.8. The van der Waals surface area contributed by atoms with Crippen molar-refractivity contribution in [2.24, 2.45) is 0 Å². The van der Waals surface area contributed by atoms with Crippen molar-refractivity contribution in [3.8, 4) is 46.0 Å². The minimum absolute atomic E-state index is 0.0134. The molecule has 0 bridgehead atoms. The van der Waals surface area contributed by atoms with Gasteiger partial charge in [0.15, 0.2) is 0 Å². The molecule has 4 aliphatic rings. The van der Waals surface area contributed by atoms with E-state index in [1.165, 1.54) is 91.7 Å². The van der Waals surface area contributed by atoms with Crippen molar-refractivity contribution < 1.29 is 18.9 Å². The molecular weight excluding hydrogens is 949 g/mol. The van der Waals surface area contributed by atoms with Gasteiger partial charge in [0, 0.05) is 41.4 Å².